The van der Waals surface area contributed by atoms with Crippen LogP contribution in [-0.4, -0.2) is 89.0 Å². The summed E-state index contributed by atoms with van der Waals surface area (Å²) < 4.78 is 18.6. The normalized spacial score (nSPS) is 20.3. The molecule has 214 valence electrons. The minimum atomic E-state index is -0.881. The molecule has 0 saturated carbocycles. The van der Waals surface area contributed by atoms with Crippen LogP contribution in [0.1, 0.15) is 50.5 Å². The van der Waals surface area contributed by atoms with Gasteiger partial charge in [-0.25, -0.2) is 4.98 Å². The molecule has 4 rings (SSSR count). The van der Waals surface area contributed by atoms with Gasteiger partial charge in [-0.15, -0.1) is 0 Å². The van der Waals surface area contributed by atoms with E-state index in [1.807, 2.05) is 27.8 Å². The topological polar surface area (TPSA) is 132 Å². The lowest BCUT2D eigenvalue weighted by molar-refractivity contribution is -0.144. The number of aliphatic carboxylic acids is 1. The standard InChI is InChI=1S/C28H41N5O6/c1-3-4-10-32(11-6-5-8-29)25(34)17-33-16-21(20-14-23(37-2)27-24(15-20)38-19-39-27)26(28(35)36)22(33)7-12-31-13-9-30-18-31/h9,13-15,18,21-22,26H,3-8,10-12,16-17,19,29H2,1-2H3,(H,35,36). The predicted octanol–water partition coefficient (Wildman–Crippen LogP) is 2.55. The first kappa shape index (κ1) is 28.7. The zero-order chi connectivity index (χ0) is 27.8. The summed E-state index contributed by atoms with van der Waals surface area (Å²) in [7, 11) is 1.55. The average Bonchev–Trinajstić information content (AvgIpc) is 3.69. The van der Waals surface area contributed by atoms with Crippen LogP contribution in [0.4, 0.5) is 0 Å². The van der Waals surface area contributed by atoms with Gasteiger partial charge in [0, 0.05) is 50.5 Å². The number of aromatic nitrogens is 2. The number of carboxylic acids is 1. The van der Waals surface area contributed by atoms with Crippen molar-refractivity contribution < 1.29 is 28.9 Å². The summed E-state index contributed by atoms with van der Waals surface area (Å²) >= 11 is 0. The highest BCUT2D eigenvalue weighted by atomic mass is 16.7. The molecular formula is C28H41N5O6. The van der Waals surface area contributed by atoms with Crippen molar-refractivity contribution in [1.82, 2.24) is 19.4 Å². The Morgan fingerprint density at radius 1 is 1.23 bits per heavy atom. The quantitative estimate of drug-likeness (QED) is 0.325. The maximum atomic E-state index is 13.6. The van der Waals surface area contributed by atoms with E-state index in [1.165, 1.54) is 0 Å². The number of likely N-dealkylation sites (tertiary alicyclic amines) is 1. The van der Waals surface area contributed by atoms with Crippen LogP contribution in [-0.2, 0) is 16.1 Å². The third kappa shape index (κ3) is 6.83. The fourth-order valence-corrected chi connectivity index (χ4v) is 5.69. The third-order valence-electron chi connectivity index (χ3n) is 7.74. The molecule has 39 heavy (non-hydrogen) atoms. The van der Waals surface area contributed by atoms with Gasteiger partial charge in [0.15, 0.2) is 11.5 Å². The summed E-state index contributed by atoms with van der Waals surface area (Å²) in [5.74, 6) is -0.337. The number of fused-ring (bicyclic) bond motifs is 1. The van der Waals surface area contributed by atoms with Crippen molar-refractivity contribution in [2.45, 2.75) is 57.5 Å². The molecule has 3 heterocycles. The maximum absolute atomic E-state index is 13.6. The SMILES string of the molecule is CCCCN(CCCCN)C(=O)CN1CC(c2cc(OC)c3c(c2)OCO3)C(C(=O)O)C1CCn1ccnc1. The average molecular weight is 544 g/mol. The van der Waals surface area contributed by atoms with E-state index in [-0.39, 0.29) is 31.2 Å². The van der Waals surface area contributed by atoms with Crippen LogP contribution in [0.25, 0.3) is 0 Å². The number of carbonyl (C=O) groups excluding carboxylic acids is 1. The van der Waals surface area contributed by atoms with Gasteiger partial charge in [-0.05, 0) is 49.9 Å². The Morgan fingerprint density at radius 2 is 2.05 bits per heavy atom. The second-order valence-electron chi connectivity index (χ2n) is 10.2. The Balaban J connectivity index is 1.61. The van der Waals surface area contributed by atoms with Gasteiger partial charge in [-0.2, -0.15) is 0 Å². The summed E-state index contributed by atoms with van der Waals surface area (Å²) in [4.78, 5) is 34.5. The third-order valence-corrected chi connectivity index (χ3v) is 7.74. The van der Waals surface area contributed by atoms with Crippen molar-refractivity contribution in [2.24, 2.45) is 11.7 Å². The largest absolute Gasteiger partial charge is 0.493 e. The highest BCUT2D eigenvalue weighted by Crippen LogP contribution is 2.47. The number of nitrogens with two attached hydrogens (primary N) is 1. The molecular weight excluding hydrogens is 502 g/mol. The summed E-state index contributed by atoms with van der Waals surface area (Å²) in [6, 6.07) is 3.35. The van der Waals surface area contributed by atoms with Gasteiger partial charge in [-0.1, -0.05) is 13.3 Å². The molecule has 0 spiro atoms. The van der Waals surface area contributed by atoms with Crippen molar-refractivity contribution in [3.8, 4) is 17.2 Å². The van der Waals surface area contributed by atoms with Crippen molar-refractivity contribution in [3.63, 3.8) is 0 Å². The Labute approximate surface area is 229 Å². The van der Waals surface area contributed by atoms with Crippen LogP contribution in [0.5, 0.6) is 17.2 Å². The monoisotopic (exact) mass is 543 g/mol. The molecule has 0 aliphatic carbocycles. The molecule has 3 atom stereocenters. The first-order valence-electron chi connectivity index (χ1n) is 13.8. The second kappa shape index (κ2) is 13.7. The van der Waals surface area contributed by atoms with Gasteiger partial charge >= 0.3 is 5.97 Å². The first-order valence-corrected chi connectivity index (χ1v) is 13.8. The molecule has 1 saturated heterocycles. The molecule has 0 bridgehead atoms. The minimum absolute atomic E-state index is 0.0289. The van der Waals surface area contributed by atoms with Gasteiger partial charge < -0.3 is 34.5 Å². The maximum Gasteiger partial charge on any atom is 0.308 e. The van der Waals surface area contributed by atoms with Gasteiger partial charge in [0.25, 0.3) is 0 Å². The molecule has 3 N–H and O–H groups in total. The molecule has 3 unspecified atom stereocenters. The van der Waals surface area contributed by atoms with Crippen LogP contribution in [0.15, 0.2) is 30.9 Å². The zero-order valence-corrected chi connectivity index (χ0v) is 23.0. The lowest BCUT2D eigenvalue weighted by Crippen LogP contribution is -2.45. The Hall–Kier alpha value is -3.31. The highest BCUT2D eigenvalue weighted by molar-refractivity contribution is 5.79. The lowest BCUT2D eigenvalue weighted by atomic mass is 9.84. The Kier molecular flexibility index (Phi) is 10.0. The van der Waals surface area contributed by atoms with E-state index in [4.69, 9.17) is 19.9 Å². The molecule has 1 aromatic carbocycles. The number of ether oxygens (including phenoxy) is 3. The van der Waals surface area contributed by atoms with Crippen LogP contribution in [0, 0.1) is 5.92 Å². The van der Waals surface area contributed by atoms with E-state index in [2.05, 4.69) is 16.8 Å². The summed E-state index contributed by atoms with van der Waals surface area (Å²) in [6.45, 7) is 5.36. The molecule has 1 fully saturated rings. The number of imidazole rings is 1. The summed E-state index contributed by atoms with van der Waals surface area (Å²) in [6.07, 6.45) is 9.51. The van der Waals surface area contributed by atoms with E-state index in [9.17, 15) is 14.7 Å². The molecule has 2 aliphatic heterocycles. The smallest absolute Gasteiger partial charge is 0.308 e. The molecule has 11 heteroatoms. The first-order chi connectivity index (χ1) is 19.0. The molecule has 1 aromatic heterocycles. The molecule has 2 aromatic rings. The molecule has 1 amide bonds. The van der Waals surface area contributed by atoms with E-state index in [1.54, 1.807) is 19.6 Å². The number of unbranched alkanes of at least 4 members (excludes halogenated alkanes) is 2. The van der Waals surface area contributed by atoms with Crippen LogP contribution < -0.4 is 19.9 Å². The lowest BCUT2D eigenvalue weighted by Gasteiger charge is -2.30. The predicted molar refractivity (Wildman–Crippen MR) is 145 cm³/mol. The zero-order valence-electron chi connectivity index (χ0n) is 23.0. The van der Waals surface area contributed by atoms with Gasteiger partial charge in [-0.3, -0.25) is 14.5 Å². The fourth-order valence-electron chi connectivity index (χ4n) is 5.69. The van der Waals surface area contributed by atoms with Gasteiger partial charge in [0.05, 0.1) is 25.9 Å². The highest BCUT2D eigenvalue weighted by Gasteiger charge is 2.47. The van der Waals surface area contributed by atoms with E-state index < -0.39 is 11.9 Å². The van der Waals surface area contributed by atoms with Crippen molar-refractivity contribution in [1.29, 1.82) is 0 Å². The number of carbonyl (C=O) groups is 2. The molecule has 0 radical (unpaired) electrons. The van der Waals surface area contributed by atoms with Crippen LogP contribution in [0.2, 0.25) is 0 Å². The van der Waals surface area contributed by atoms with E-state index in [0.717, 1.165) is 31.2 Å². The Bertz CT molecular complexity index is 1090. The Morgan fingerprint density at radius 3 is 2.74 bits per heavy atom. The number of rotatable bonds is 15. The van der Waals surface area contributed by atoms with E-state index >= 15 is 0 Å². The summed E-state index contributed by atoms with van der Waals surface area (Å²) in [5, 5.41) is 10.5. The van der Waals surface area contributed by atoms with Gasteiger partial charge in [0.1, 0.15) is 0 Å². The minimum Gasteiger partial charge on any atom is -0.493 e. The van der Waals surface area contributed by atoms with E-state index in [0.29, 0.717) is 56.4 Å². The number of carboxylic acid groups (broad SMARTS) is 1. The fraction of sp³-hybridized carbons (Fsp3) is 0.607. The number of aryl methyl sites for hydroxylation is 1. The number of hydrogen-bond donors (Lipinski definition) is 2. The number of nitrogens with zero attached hydrogens (tertiary/aromatic N) is 4. The number of hydrogen-bond acceptors (Lipinski definition) is 8. The molecule has 11 nitrogen and oxygen atoms in total. The number of benzene rings is 1. The second-order valence-corrected chi connectivity index (χ2v) is 10.2. The van der Waals surface area contributed by atoms with Crippen molar-refractivity contribution in [2.75, 3.05) is 46.6 Å². The van der Waals surface area contributed by atoms with Crippen LogP contribution >= 0.6 is 0 Å². The van der Waals surface area contributed by atoms with Crippen molar-refractivity contribution >= 4 is 11.9 Å². The summed E-state index contributed by atoms with van der Waals surface area (Å²) in [5.41, 5.74) is 6.49. The van der Waals surface area contributed by atoms with Crippen LogP contribution in [0.3, 0.4) is 0 Å². The van der Waals surface area contributed by atoms with Crippen molar-refractivity contribution in [3.05, 3.63) is 36.4 Å². The molecule has 2 aliphatic rings. The van der Waals surface area contributed by atoms with Gasteiger partial charge in [0.2, 0.25) is 18.4 Å². The number of methoxy groups -OCH3 is 1. The number of amides is 1.